The van der Waals surface area contributed by atoms with Gasteiger partial charge in [-0.3, -0.25) is 9.59 Å². The maximum Gasteiger partial charge on any atom is 0.228 e. The molecule has 0 aliphatic carbocycles. The fraction of sp³-hybridized carbons (Fsp3) is 0.391. The van der Waals surface area contributed by atoms with Crippen LogP contribution in [0.2, 0.25) is 0 Å². The summed E-state index contributed by atoms with van der Waals surface area (Å²) in [5.74, 6) is 1.14. The normalized spacial score (nSPS) is 18.6. The molecule has 29 heavy (non-hydrogen) atoms. The lowest BCUT2D eigenvalue weighted by Gasteiger charge is -2.31. The highest BCUT2D eigenvalue weighted by atomic mass is 16.5. The molecule has 2 aromatic carbocycles. The highest BCUT2D eigenvalue weighted by Gasteiger charge is 2.38. The topological polar surface area (TPSA) is 59.1 Å². The fourth-order valence-corrected chi connectivity index (χ4v) is 4.30. The number of methoxy groups -OCH3 is 2. The molecule has 1 unspecified atom stereocenters. The third kappa shape index (κ3) is 3.55. The monoisotopic (exact) mass is 394 g/mol. The number of hydrogen-bond donors (Lipinski definition) is 0. The summed E-state index contributed by atoms with van der Waals surface area (Å²) in [5.41, 5.74) is 4.19. The van der Waals surface area contributed by atoms with Crippen LogP contribution in [0.3, 0.4) is 0 Å². The van der Waals surface area contributed by atoms with Gasteiger partial charge < -0.3 is 19.3 Å². The van der Waals surface area contributed by atoms with Crippen LogP contribution in [-0.4, -0.2) is 44.0 Å². The van der Waals surface area contributed by atoms with Gasteiger partial charge >= 0.3 is 0 Å². The average molecular weight is 394 g/mol. The van der Waals surface area contributed by atoms with Crippen molar-refractivity contribution in [2.24, 2.45) is 5.92 Å². The second-order valence-corrected chi connectivity index (χ2v) is 7.68. The third-order valence-electron chi connectivity index (χ3n) is 5.91. The second kappa shape index (κ2) is 7.78. The van der Waals surface area contributed by atoms with E-state index in [0.717, 1.165) is 23.2 Å². The van der Waals surface area contributed by atoms with Crippen molar-refractivity contribution < 1.29 is 19.1 Å². The molecule has 0 radical (unpaired) electrons. The van der Waals surface area contributed by atoms with Crippen LogP contribution >= 0.6 is 0 Å². The molecular formula is C23H26N2O4. The van der Waals surface area contributed by atoms with Crippen molar-refractivity contribution in [1.29, 1.82) is 0 Å². The van der Waals surface area contributed by atoms with Gasteiger partial charge in [0.25, 0.3) is 0 Å². The standard InChI is InChI=1S/C23H26N2O4/c1-15-6-4-5-7-19(15)25-14-18(12-22(25)26)23(27)24-9-8-16-10-20(28-2)21(29-3)11-17(16)13-24/h4-7,10-11,18H,8-9,12-14H2,1-3H3. The summed E-state index contributed by atoms with van der Waals surface area (Å²) in [6.45, 7) is 3.61. The lowest BCUT2D eigenvalue weighted by molar-refractivity contribution is -0.136. The zero-order valence-corrected chi connectivity index (χ0v) is 17.1. The Kier molecular flexibility index (Phi) is 5.18. The van der Waals surface area contributed by atoms with E-state index in [1.54, 1.807) is 19.1 Å². The number of anilines is 1. The number of benzene rings is 2. The van der Waals surface area contributed by atoms with E-state index in [9.17, 15) is 9.59 Å². The lowest BCUT2D eigenvalue weighted by atomic mass is 9.97. The SMILES string of the molecule is COc1cc2c(cc1OC)CN(C(=O)C1CC(=O)N(c3ccccc3C)C1)CC2. The summed E-state index contributed by atoms with van der Waals surface area (Å²) in [7, 11) is 3.24. The fourth-order valence-electron chi connectivity index (χ4n) is 4.30. The minimum atomic E-state index is -0.302. The molecule has 4 rings (SSSR count). The first-order chi connectivity index (χ1) is 14.0. The summed E-state index contributed by atoms with van der Waals surface area (Å²) >= 11 is 0. The molecule has 0 bridgehead atoms. The van der Waals surface area contributed by atoms with Crippen molar-refractivity contribution in [3.63, 3.8) is 0 Å². The van der Waals surface area contributed by atoms with Crippen LogP contribution in [0.4, 0.5) is 5.69 Å². The maximum absolute atomic E-state index is 13.2. The molecule has 1 saturated heterocycles. The van der Waals surface area contributed by atoms with Crippen molar-refractivity contribution in [1.82, 2.24) is 4.90 Å². The Morgan fingerprint density at radius 1 is 1.07 bits per heavy atom. The molecule has 6 heteroatoms. The van der Waals surface area contributed by atoms with E-state index in [-0.39, 0.29) is 24.2 Å². The Bertz CT molecular complexity index is 956. The second-order valence-electron chi connectivity index (χ2n) is 7.68. The highest BCUT2D eigenvalue weighted by molar-refractivity contribution is 6.00. The van der Waals surface area contributed by atoms with Gasteiger partial charge in [0.1, 0.15) is 0 Å². The van der Waals surface area contributed by atoms with Gasteiger partial charge in [-0.25, -0.2) is 0 Å². The van der Waals surface area contributed by atoms with Gasteiger partial charge in [0.2, 0.25) is 11.8 Å². The first-order valence-corrected chi connectivity index (χ1v) is 9.90. The van der Waals surface area contributed by atoms with E-state index in [4.69, 9.17) is 9.47 Å². The van der Waals surface area contributed by atoms with Gasteiger partial charge in [0, 0.05) is 31.7 Å². The van der Waals surface area contributed by atoms with E-state index in [1.165, 1.54) is 5.56 Å². The van der Waals surface area contributed by atoms with E-state index in [0.29, 0.717) is 31.1 Å². The molecule has 2 aliphatic rings. The van der Waals surface area contributed by atoms with Crippen molar-refractivity contribution >= 4 is 17.5 Å². The molecule has 152 valence electrons. The molecule has 1 fully saturated rings. The number of aryl methyl sites for hydroxylation is 1. The molecule has 2 amide bonds. The van der Waals surface area contributed by atoms with E-state index in [1.807, 2.05) is 48.2 Å². The van der Waals surface area contributed by atoms with Gasteiger partial charge in [-0.2, -0.15) is 0 Å². The third-order valence-corrected chi connectivity index (χ3v) is 5.91. The molecule has 0 saturated carbocycles. The summed E-state index contributed by atoms with van der Waals surface area (Å²) < 4.78 is 10.8. The predicted octanol–water partition coefficient (Wildman–Crippen LogP) is 2.95. The molecule has 6 nitrogen and oxygen atoms in total. The zero-order chi connectivity index (χ0) is 20.5. The Morgan fingerprint density at radius 3 is 2.45 bits per heavy atom. The van der Waals surface area contributed by atoms with Crippen LogP contribution < -0.4 is 14.4 Å². The number of ether oxygens (including phenoxy) is 2. The molecule has 0 N–H and O–H groups in total. The Morgan fingerprint density at radius 2 is 1.76 bits per heavy atom. The number of hydrogen-bond acceptors (Lipinski definition) is 4. The minimum Gasteiger partial charge on any atom is -0.493 e. The van der Waals surface area contributed by atoms with Crippen LogP contribution in [0.5, 0.6) is 11.5 Å². The number of carbonyl (C=O) groups is 2. The van der Waals surface area contributed by atoms with Gasteiger partial charge in [-0.05, 0) is 48.2 Å². The molecule has 0 aromatic heterocycles. The summed E-state index contributed by atoms with van der Waals surface area (Å²) in [4.78, 5) is 29.4. The number of carbonyl (C=O) groups excluding carboxylic acids is 2. The Hall–Kier alpha value is -3.02. The molecular weight excluding hydrogens is 368 g/mol. The average Bonchev–Trinajstić information content (AvgIpc) is 3.13. The summed E-state index contributed by atoms with van der Waals surface area (Å²) in [6, 6.07) is 11.8. The molecule has 2 aliphatic heterocycles. The molecule has 2 heterocycles. The summed E-state index contributed by atoms with van der Waals surface area (Å²) in [5, 5.41) is 0. The number of rotatable bonds is 4. The molecule has 1 atom stereocenters. The van der Waals surface area contributed by atoms with Crippen molar-refractivity contribution in [3.05, 3.63) is 53.1 Å². The number of para-hydroxylation sites is 1. The smallest absolute Gasteiger partial charge is 0.228 e. The zero-order valence-electron chi connectivity index (χ0n) is 17.1. The maximum atomic E-state index is 13.2. The van der Waals surface area contributed by atoms with E-state index in [2.05, 4.69) is 0 Å². The largest absolute Gasteiger partial charge is 0.493 e. The molecule has 2 aromatic rings. The minimum absolute atomic E-state index is 0.0152. The number of amides is 2. The van der Waals surface area contributed by atoms with Crippen LogP contribution in [0.15, 0.2) is 36.4 Å². The van der Waals surface area contributed by atoms with Crippen molar-refractivity contribution in [3.8, 4) is 11.5 Å². The van der Waals surface area contributed by atoms with Crippen molar-refractivity contribution in [2.75, 3.05) is 32.2 Å². The van der Waals surface area contributed by atoms with Gasteiger partial charge in [-0.1, -0.05) is 18.2 Å². The first-order valence-electron chi connectivity index (χ1n) is 9.90. The van der Waals surface area contributed by atoms with Crippen LogP contribution in [-0.2, 0) is 22.6 Å². The van der Waals surface area contributed by atoms with Gasteiger partial charge in [-0.15, -0.1) is 0 Å². The summed E-state index contributed by atoms with van der Waals surface area (Å²) in [6.07, 6.45) is 1.03. The lowest BCUT2D eigenvalue weighted by Crippen LogP contribution is -2.40. The van der Waals surface area contributed by atoms with E-state index >= 15 is 0 Å². The van der Waals surface area contributed by atoms with Gasteiger partial charge in [0.05, 0.1) is 20.1 Å². The van der Waals surface area contributed by atoms with Crippen LogP contribution in [0.25, 0.3) is 0 Å². The number of nitrogens with zero attached hydrogens (tertiary/aromatic N) is 2. The molecule has 0 spiro atoms. The van der Waals surface area contributed by atoms with Crippen LogP contribution in [0.1, 0.15) is 23.1 Å². The Balaban J connectivity index is 1.50. The van der Waals surface area contributed by atoms with E-state index < -0.39 is 0 Å². The van der Waals surface area contributed by atoms with Gasteiger partial charge in [0.15, 0.2) is 11.5 Å². The quantitative estimate of drug-likeness (QED) is 0.800. The first kappa shape index (κ1) is 19.3. The Labute approximate surface area is 171 Å². The van der Waals surface area contributed by atoms with Crippen LogP contribution in [0, 0.1) is 12.8 Å². The predicted molar refractivity (Wildman–Crippen MR) is 110 cm³/mol. The highest BCUT2D eigenvalue weighted by Crippen LogP contribution is 2.34. The van der Waals surface area contributed by atoms with Crippen molar-refractivity contribution in [2.45, 2.75) is 26.3 Å². The number of fused-ring (bicyclic) bond motifs is 1.